The number of alkyl halides is 2. The molecule has 0 aromatic heterocycles. The maximum Gasteiger partial charge on any atom is 0.266 e. The number of hydrogen-bond acceptors (Lipinski definition) is 3. The average Bonchev–Trinajstić information content (AvgIpc) is 2.84. The van der Waals surface area contributed by atoms with Gasteiger partial charge in [0.25, 0.3) is 5.92 Å². The Morgan fingerprint density at radius 1 is 1.45 bits per heavy atom. The second-order valence-corrected chi connectivity index (χ2v) is 5.36. The number of benzene rings is 1. The molecule has 1 amide bonds. The molecule has 1 aromatic carbocycles. The van der Waals surface area contributed by atoms with Gasteiger partial charge in [-0.05, 0) is 6.42 Å². The monoisotopic (exact) mass is 316 g/mol. The lowest BCUT2D eigenvalue weighted by Crippen LogP contribution is -2.26. The second-order valence-electron chi connectivity index (χ2n) is 5.36. The van der Waals surface area contributed by atoms with Gasteiger partial charge in [0.2, 0.25) is 6.41 Å². The van der Waals surface area contributed by atoms with Crippen LogP contribution in [0.2, 0.25) is 0 Å². The van der Waals surface area contributed by atoms with E-state index in [-0.39, 0.29) is 24.3 Å². The smallest absolute Gasteiger partial charge is 0.266 e. The predicted molar refractivity (Wildman–Crippen MR) is 78.4 cm³/mol. The second kappa shape index (κ2) is 6.46. The fourth-order valence-electron chi connectivity index (χ4n) is 2.38. The topological polar surface area (TPSA) is 32.8 Å². The molecule has 1 aliphatic heterocycles. The van der Waals surface area contributed by atoms with Gasteiger partial charge in [0, 0.05) is 32.1 Å². The summed E-state index contributed by atoms with van der Waals surface area (Å²) in [5, 5.41) is 0. The normalized spacial score (nSPS) is 16.7. The van der Waals surface area contributed by atoms with E-state index in [1.54, 1.807) is 0 Å². The molecule has 0 aliphatic carbocycles. The highest BCUT2D eigenvalue weighted by atomic mass is 19.3. The molecule has 0 radical (unpaired) electrons. The Balaban J connectivity index is 2.37. The number of nitrogens with zero attached hydrogens (tertiary/aromatic N) is 2. The predicted octanol–water partition coefficient (Wildman–Crippen LogP) is 3.05. The summed E-state index contributed by atoms with van der Waals surface area (Å²) in [5.74, 6) is -3.15. The van der Waals surface area contributed by atoms with E-state index >= 15 is 0 Å². The van der Waals surface area contributed by atoms with Crippen molar-refractivity contribution in [2.75, 3.05) is 36.5 Å². The molecule has 122 valence electrons. The summed E-state index contributed by atoms with van der Waals surface area (Å²) >= 11 is 0. The summed E-state index contributed by atoms with van der Waals surface area (Å²) < 4.78 is 46.5. The summed E-state index contributed by atoms with van der Waals surface area (Å²) in [6.45, 7) is 1.87. The first-order chi connectivity index (χ1) is 10.4. The molecule has 2 rings (SSSR count). The Labute approximate surface area is 127 Å². The van der Waals surface area contributed by atoms with E-state index in [0.717, 1.165) is 12.5 Å². The minimum absolute atomic E-state index is 0.0753. The molecular formula is C15H19F3N2O2. The Morgan fingerprint density at radius 2 is 2.18 bits per heavy atom. The molecule has 1 saturated heterocycles. The summed E-state index contributed by atoms with van der Waals surface area (Å²) in [6, 6.07) is 2.53. The molecule has 1 heterocycles. The molecule has 0 saturated carbocycles. The molecule has 0 atom stereocenters. The van der Waals surface area contributed by atoms with Crippen molar-refractivity contribution in [3.05, 3.63) is 17.9 Å². The Bertz CT molecular complexity index is 552. The molecule has 4 nitrogen and oxygen atoms in total. The molecule has 1 aromatic rings. The maximum absolute atomic E-state index is 14.3. The van der Waals surface area contributed by atoms with E-state index in [1.807, 2.05) is 6.92 Å². The zero-order valence-electron chi connectivity index (χ0n) is 12.6. The van der Waals surface area contributed by atoms with Crippen LogP contribution in [0.1, 0.15) is 19.8 Å². The van der Waals surface area contributed by atoms with Crippen molar-refractivity contribution >= 4 is 17.8 Å². The van der Waals surface area contributed by atoms with Crippen molar-refractivity contribution in [1.82, 2.24) is 0 Å². The van der Waals surface area contributed by atoms with Gasteiger partial charge >= 0.3 is 0 Å². The molecule has 0 spiro atoms. The van der Waals surface area contributed by atoms with Gasteiger partial charge in [0.15, 0.2) is 0 Å². The average molecular weight is 316 g/mol. The third-order valence-electron chi connectivity index (χ3n) is 3.54. The van der Waals surface area contributed by atoms with Crippen molar-refractivity contribution < 1.29 is 22.7 Å². The summed E-state index contributed by atoms with van der Waals surface area (Å²) in [4.78, 5) is 13.4. The van der Waals surface area contributed by atoms with E-state index in [2.05, 4.69) is 0 Å². The van der Waals surface area contributed by atoms with Crippen LogP contribution in [0, 0.1) is 5.82 Å². The highest BCUT2D eigenvalue weighted by Crippen LogP contribution is 2.38. The quantitative estimate of drug-likeness (QED) is 0.756. The van der Waals surface area contributed by atoms with Crippen LogP contribution in [-0.4, -0.2) is 39.1 Å². The van der Waals surface area contributed by atoms with Crippen LogP contribution in [-0.2, 0) is 4.79 Å². The van der Waals surface area contributed by atoms with E-state index in [4.69, 9.17) is 4.74 Å². The zero-order valence-corrected chi connectivity index (χ0v) is 12.6. The van der Waals surface area contributed by atoms with Crippen molar-refractivity contribution in [2.45, 2.75) is 25.7 Å². The van der Waals surface area contributed by atoms with Crippen molar-refractivity contribution in [1.29, 1.82) is 0 Å². The van der Waals surface area contributed by atoms with Crippen molar-refractivity contribution in [3.63, 3.8) is 0 Å². The van der Waals surface area contributed by atoms with Crippen molar-refractivity contribution in [3.8, 4) is 5.75 Å². The van der Waals surface area contributed by atoms with Crippen LogP contribution in [0.5, 0.6) is 5.75 Å². The van der Waals surface area contributed by atoms with Crippen LogP contribution in [0.3, 0.4) is 0 Å². The lowest BCUT2D eigenvalue weighted by molar-refractivity contribution is -0.107. The molecule has 0 unspecified atom stereocenters. The molecule has 0 bridgehead atoms. The maximum atomic E-state index is 14.3. The van der Waals surface area contributed by atoms with Crippen LogP contribution in [0.15, 0.2) is 12.1 Å². The lowest BCUT2D eigenvalue weighted by atomic mass is 10.2. The number of hydrogen-bond donors (Lipinski definition) is 0. The molecule has 1 fully saturated rings. The third kappa shape index (κ3) is 3.45. The summed E-state index contributed by atoms with van der Waals surface area (Å²) in [5.41, 5.74) is 0.349. The van der Waals surface area contributed by atoms with E-state index < -0.39 is 18.3 Å². The first-order valence-electron chi connectivity index (χ1n) is 7.15. The molecule has 7 heteroatoms. The lowest BCUT2D eigenvalue weighted by Gasteiger charge is -2.23. The van der Waals surface area contributed by atoms with Gasteiger partial charge in [-0.2, -0.15) is 0 Å². The number of ether oxygens (including phenoxy) is 1. The number of carbonyl (C=O) groups excluding carboxylic acids is 1. The van der Waals surface area contributed by atoms with Gasteiger partial charge in [-0.3, -0.25) is 4.79 Å². The van der Waals surface area contributed by atoms with Gasteiger partial charge in [-0.15, -0.1) is 0 Å². The standard InChI is InChI=1S/C15H19F3N2O2/c1-3-6-22-14-8-12(20-5-4-15(17,18)9-20)11(16)7-13(14)19(2)10-21/h7-8,10H,3-6,9H2,1-2H3. The number of halogens is 3. The van der Waals surface area contributed by atoms with Gasteiger partial charge in [-0.25, -0.2) is 13.2 Å². The van der Waals surface area contributed by atoms with Crippen molar-refractivity contribution in [2.24, 2.45) is 0 Å². The number of amides is 1. The zero-order chi connectivity index (χ0) is 16.3. The van der Waals surface area contributed by atoms with Gasteiger partial charge in [-0.1, -0.05) is 6.92 Å². The SMILES string of the molecule is CCCOc1cc(N2CCC(F)(F)C2)c(F)cc1N(C)C=O. The first-order valence-corrected chi connectivity index (χ1v) is 7.15. The highest BCUT2D eigenvalue weighted by molar-refractivity contribution is 5.80. The van der Waals surface area contributed by atoms with Crippen LogP contribution in [0.25, 0.3) is 0 Å². The third-order valence-corrected chi connectivity index (χ3v) is 3.54. The fourth-order valence-corrected chi connectivity index (χ4v) is 2.38. The number of rotatable bonds is 6. The first kappa shape index (κ1) is 16.5. The Hall–Kier alpha value is -1.92. The summed E-state index contributed by atoms with van der Waals surface area (Å²) in [6.07, 6.45) is 0.976. The minimum atomic E-state index is -2.81. The van der Waals surface area contributed by atoms with Gasteiger partial charge < -0.3 is 14.5 Å². The summed E-state index contributed by atoms with van der Waals surface area (Å²) in [7, 11) is 1.48. The fraction of sp³-hybridized carbons (Fsp3) is 0.533. The van der Waals surface area contributed by atoms with E-state index in [9.17, 15) is 18.0 Å². The highest BCUT2D eigenvalue weighted by Gasteiger charge is 2.39. The Kier molecular flexibility index (Phi) is 4.83. The van der Waals surface area contributed by atoms with Gasteiger partial charge in [0.05, 0.1) is 24.5 Å². The van der Waals surface area contributed by atoms with Crippen LogP contribution in [0.4, 0.5) is 24.5 Å². The van der Waals surface area contributed by atoms with Crippen LogP contribution >= 0.6 is 0 Å². The minimum Gasteiger partial charge on any atom is -0.491 e. The molecule has 22 heavy (non-hydrogen) atoms. The molecular weight excluding hydrogens is 297 g/mol. The molecule has 0 N–H and O–H groups in total. The van der Waals surface area contributed by atoms with E-state index in [1.165, 1.54) is 22.9 Å². The van der Waals surface area contributed by atoms with Crippen LogP contribution < -0.4 is 14.5 Å². The van der Waals surface area contributed by atoms with Gasteiger partial charge in [0.1, 0.15) is 11.6 Å². The largest absolute Gasteiger partial charge is 0.491 e. The number of anilines is 2. The number of carbonyl (C=O) groups is 1. The molecule has 1 aliphatic rings. The van der Waals surface area contributed by atoms with E-state index in [0.29, 0.717) is 18.8 Å². The Morgan fingerprint density at radius 3 is 2.73 bits per heavy atom.